The maximum atomic E-state index is 13.5. The van der Waals surface area contributed by atoms with Gasteiger partial charge in [-0.05, 0) is 65.1 Å². The molecule has 7 heteroatoms. The van der Waals surface area contributed by atoms with E-state index in [1.165, 1.54) is 13.2 Å². The summed E-state index contributed by atoms with van der Waals surface area (Å²) in [5, 5.41) is 0. The molecule has 2 aromatic rings. The molecule has 0 unspecified atom stereocenters. The molecule has 4 nitrogen and oxygen atoms in total. The zero-order valence-electron chi connectivity index (χ0n) is 20.8. The van der Waals surface area contributed by atoms with E-state index in [1.54, 1.807) is 24.1 Å². The SMILES string of the molecule is COc1cc2c(cc1OC)[C@H](c1cccc(C(F)(F)F)c1)N(C(=O)C[C@H](C)CC(C)(C)C)CC2. The second-order valence-electron chi connectivity index (χ2n) is 10.3. The number of alkyl halides is 3. The highest BCUT2D eigenvalue weighted by Gasteiger charge is 2.36. The van der Waals surface area contributed by atoms with Gasteiger partial charge in [-0.2, -0.15) is 13.2 Å². The molecule has 3 rings (SSSR count). The lowest BCUT2D eigenvalue weighted by molar-refractivity contribution is -0.137. The highest BCUT2D eigenvalue weighted by atomic mass is 19.4. The van der Waals surface area contributed by atoms with Crippen LogP contribution in [0.25, 0.3) is 0 Å². The van der Waals surface area contributed by atoms with Gasteiger partial charge in [-0.1, -0.05) is 39.8 Å². The van der Waals surface area contributed by atoms with Crippen molar-refractivity contribution in [1.82, 2.24) is 4.90 Å². The number of hydrogen-bond donors (Lipinski definition) is 0. The van der Waals surface area contributed by atoms with E-state index >= 15 is 0 Å². The van der Waals surface area contributed by atoms with Gasteiger partial charge < -0.3 is 14.4 Å². The lowest BCUT2D eigenvalue weighted by Crippen LogP contribution is -2.41. The molecule has 0 saturated heterocycles. The van der Waals surface area contributed by atoms with Gasteiger partial charge >= 0.3 is 6.18 Å². The van der Waals surface area contributed by atoms with Crippen molar-refractivity contribution in [2.75, 3.05) is 20.8 Å². The molecule has 1 aliphatic rings. The summed E-state index contributed by atoms with van der Waals surface area (Å²) in [5.41, 5.74) is 1.48. The standard InChI is InChI=1S/C27H34F3NO3/c1-17(16-26(2,3)4)12-24(32)31-11-10-18-14-22(33-5)23(34-6)15-21(18)25(31)19-8-7-9-20(13-19)27(28,29)30/h7-9,13-15,17,25H,10-12,16H2,1-6H3/t17-,25-/m0/s1. The van der Waals surface area contributed by atoms with Crippen LogP contribution < -0.4 is 9.47 Å². The Hall–Kier alpha value is -2.70. The van der Waals surface area contributed by atoms with Crippen LogP contribution in [0.4, 0.5) is 13.2 Å². The molecule has 1 amide bonds. The molecule has 0 bridgehead atoms. The van der Waals surface area contributed by atoms with Gasteiger partial charge in [-0.25, -0.2) is 0 Å². The summed E-state index contributed by atoms with van der Waals surface area (Å²) in [6.07, 6.45) is -2.66. The normalized spacial score (nSPS) is 17.2. The molecule has 2 aromatic carbocycles. The minimum absolute atomic E-state index is 0.0559. The topological polar surface area (TPSA) is 38.8 Å². The van der Waals surface area contributed by atoms with Crippen LogP contribution in [0.3, 0.4) is 0 Å². The Morgan fingerprint density at radius 1 is 1.09 bits per heavy atom. The number of carbonyl (C=O) groups is 1. The second kappa shape index (κ2) is 9.88. The van der Waals surface area contributed by atoms with E-state index in [0.29, 0.717) is 36.4 Å². The number of ether oxygens (including phenoxy) is 2. The van der Waals surface area contributed by atoms with Crippen molar-refractivity contribution in [3.63, 3.8) is 0 Å². The molecule has 1 aliphatic heterocycles. The van der Waals surface area contributed by atoms with E-state index in [2.05, 4.69) is 20.8 Å². The van der Waals surface area contributed by atoms with Gasteiger partial charge in [0.05, 0.1) is 25.8 Å². The van der Waals surface area contributed by atoms with E-state index in [4.69, 9.17) is 9.47 Å². The minimum atomic E-state index is -4.47. The molecule has 0 aliphatic carbocycles. The molecular formula is C27H34F3NO3. The zero-order valence-corrected chi connectivity index (χ0v) is 20.8. The molecule has 34 heavy (non-hydrogen) atoms. The second-order valence-corrected chi connectivity index (χ2v) is 10.3. The third-order valence-corrected chi connectivity index (χ3v) is 6.21. The van der Waals surface area contributed by atoms with Gasteiger partial charge in [0, 0.05) is 13.0 Å². The van der Waals surface area contributed by atoms with E-state index in [-0.39, 0.29) is 17.2 Å². The van der Waals surface area contributed by atoms with E-state index in [9.17, 15) is 18.0 Å². The van der Waals surface area contributed by atoms with Crippen molar-refractivity contribution in [1.29, 1.82) is 0 Å². The van der Waals surface area contributed by atoms with Crippen molar-refractivity contribution in [3.05, 3.63) is 58.7 Å². The van der Waals surface area contributed by atoms with Gasteiger partial charge in [0.15, 0.2) is 11.5 Å². The molecular weight excluding hydrogens is 443 g/mol. The number of hydrogen-bond acceptors (Lipinski definition) is 3. The summed E-state index contributed by atoms with van der Waals surface area (Å²) in [7, 11) is 3.06. The molecule has 1 heterocycles. The summed E-state index contributed by atoms with van der Waals surface area (Å²) in [5.74, 6) is 1.14. The van der Waals surface area contributed by atoms with Crippen LogP contribution in [-0.4, -0.2) is 31.6 Å². The van der Waals surface area contributed by atoms with Crippen LogP contribution in [0.2, 0.25) is 0 Å². The lowest BCUT2D eigenvalue weighted by Gasteiger charge is -2.39. The number of fused-ring (bicyclic) bond motifs is 1. The van der Waals surface area contributed by atoms with Gasteiger partial charge in [-0.3, -0.25) is 4.79 Å². The van der Waals surface area contributed by atoms with Crippen molar-refractivity contribution in [2.24, 2.45) is 11.3 Å². The Morgan fingerprint density at radius 2 is 1.74 bits per heavy atom. The molecule has 186 valence electrons. The largest absolute Gasteiger partial charge is 0.493 e. The minimum Gasteiger partial charge on any atom is -0.493 e. The van der Waals surface area contributed by atoms with Gasteiger partial charge in [0.25, 0.3) is 0 Å². The number of methoxy groups -OCH3 is 2. The Balaban J connectivity index is 2.07. The number of halogens is 3. The summed E-state index contributed by atoms with van der Waals surface area (Å²) in [6, 6.07) is 8.27. The monoisotopic (exact) mass is 477 g/mol. The van der Waals surface area contributed by atoms with Crippen LogP contribution in [0.1, 0.15) is 68.8 Å². The molecule has 0 saturated carbocycles. The first-order chi connectivity index (χ1) is 15.8. The Morgan fingerprint density at radius 3 is 2.32 bits per heavy atom. The average molecular weight is 478 g/mol. The van der Waals surface area contributed by atoms with E-state index in [0.717, 1.165) is 29.7 Å². The lowest BCUT2D eigenvalue weighted by atomic mass is 9.83. The first-order valence-electron chi connectivity index (χ1n) is 11.6. The number of rotatable bonds is 6. The molecule has 0 aromatic heterocycles. The zero-order chi connectivity index (χ0) is 25.3. The Bertz CT molecular complexity index is 1030. The summed E-state index contributed by atoms with van der Waals surface area (Å²) < 4.78 is 51.4. The molecule has 0 spiro atoms. The van der Waals surface area contributed by atoms with Crippen LogP contribution in [0.5, 0.6) is 11.5 Å². The van der Waals surface area contributed by atoms with Crippen molar-refractivity contribution < 1.29 is 27.4 Å². The first kappa shape index (κ1) is 25.9. The predicted octanol–water partition coefficient (Wildman–Crippen LogP) is 6.66. The summed E-state index contributed by atoms with van der Waals surface area (Å²) >= 11 is 0. The maximum absolute atomic E-state index is 13.5. The maximum Gasteiger partial charge on any atom is 0.416 e. The smallest absolute Gasteiger partial charge is 0.416 e. The van der Waals surface area contributed by atoms with E-state index in [1.807, 2.05) is 13.0 Å². The van der Waals surface area contributed by atoms with Crippen LogP contribution >= 0.6 is 0 Å². The third kappa shape index (κ3) is 5.86. The van der Waals surface area contributed by atoms with E-state index < -0.39 is 17.8 Å². The fraction of sp³-hybridized carbons (Fsp3) is 0.519. The highest BCUT2D eigenvalue weighted by molar-refractivity contribution is 5.78. The predicted molar refractivity (Wildman–Crippen MR) is 126 cm³/mol. The van der Waals surface area contributed by atoms with Crippen LogP contribution in [0, 0.1) is 11.3 Å². The van der Waals surface area contributed by atoms with Crippen molar-refractivity contribution in [2.45, 2.75) is 59.2 Å². The fourth-order valence-corrected chi connectivity index (χ4v) is 4.99. The third-order valence-electron chi connectivity index (χ3n) is 6.21. The Labute approximate surface area is 200 Å². The fourth-order valence-electron chi connectivity index (χ4n) is 4.99. The quantitative estimate of drug-likeness (QED) is 0.467. The summed E-state index contributed by atoms with van der Waals surface area (Å²) in [4.78, 5) is 15.2. The van der Waals surface area contributed by atoms with Crippen molar-refractivity contribution >= 4 is 5.91 Å². The molecule has 0 fully saturated rings. The van der Waals surface area contributed by atoms with Crippen molar-refractivity contribution in [3.8, 4) is 11.5 Å². The summed E-state index contributed by atoms with van der Waals surface area (Å²) in [6.45, 7) is 8.88. The molecule has 2 atom stereocenters. The first-order valence-corrected chi connectivity index (χ1v) is 11.6. The average Bonchev–Trinajstić information content (AvgIpc) is 2.75. The molecule has 0 N–H and O–H groups in total. The van der Waals surface area contributed by atoms with Crippen LogP contribution in [0.15, 0.2) is 36.4 Å². The van der Waals surface area contributed by atoms with Crippen LogP contribution in [-0.2, 0) is 17.4 Å². The number of benzene rings is 2. The Kier molecular flexibility index (Phi) is 7.53. The van der Waals surface area contributed by atoms with Gasteiger partial charge in [0.1, 0.15) is 0 Å². The number of amides is 1. The number of nitrogens with zero attached hydrogens (tertiary/aromatic N) is 1. The number of carbonyl (C=O) groups excluding carboxylic acids is 1. The van der Waals surface area contributed by atoms with Gasteiger partial charge in [0.2, 0.25) is 5.91 Å². The molecule has 0 radical (unpaired) electrons. The van der Waals surface area contributed by atoms with Gasteiger partial charge in [-0.15, -0.1) is 0 Å². The highest BCUT2D eigenvalue weighted by Crippen LogP contribution is 2.42.